The minimum absolute atomic E-state index is 0.0447. The van der Waals surface area contributed by atoms with Crippen molar-refractivity contribution in [2.75, 3.05) is 5.75 Å². The number of carboxylic acids is 1. The fraction of sp³-hybridized carbons (Fsp3) is 0.167. The predicted octanol–water partition coefficient (Wildman–Crippen LogP) is 4.53. The van der Waals surface area contributed by atoms with E-state index in [1.165, 1.54) is 5.56 Å². The molecule has 0 amide bonds. The minimum atomic E-state index is -0.800. The number of benzene rings is 3. The lowest BCUT2D eigenvalue weighted by molar-refractivity contribution is -0.137. The van der Waals surface area contributed by atoms with Crippen LogP contribution < -0.4 is 11.5 Å². The van der Waals surface area contributed by atoms with E-state index in [1.54, 1.807) is 11.8 Å². The van der Waals surface area contributed by atoms with Crippen LogP contribution in [0.5, 0.6) is 0 Å². The Kier molecular flexibility index (Phi) is 7.51. The maximum atomic E-state index is 11.4. The van der Waals surface area contributed by atoms with Crippen molar-refractivity contribution in [2.24, 2.45) is 16.5 Å². The number of guanidine groups is 1. The Bertz CT molecular complexity index is 1020. The molecule has 0 heterocycles. The van der Waals surface area contributed by atoms with Crippen molar-refractivity contribution >= 4 is 29.4 Å². The Morgan fingerprint density at radius 1 is 0.933 bits per heavy atom. The van der Waals surface area contributed by atoms with E-state index in [0.29, 0.717) is 0 Å². The van der Waals surface area contributed by atoms with Gasteiger partial charge in [0.25, 0.3) is 0 Å². The van der Waals surface area contributed by atoms with Gasteiger partial charge in [-0.2, -0.15) is 0 Å². The van der Waals surface area contributed by atoms with Crippen molar-refractivity contribution in [3.63, 3.8) is 0 Å². The van der Waals surface area contributed by atoms with E-state index in [-0.39, 0.29) is 18.3 Å². The molecule has 0 aliphatic carbocycles. The maximum Gasteiger partial charge on any atom is 0.304 e. The molecule has 0 radical (unpaired) electrons. The maximum absolute atomic E-state index is 11.4. The Morgan fingerprint density at radius 3 is 2.40 bits per heavy atom. The lowest BCUT2D eigenvalue weighted by Gasteiger charge is -2.17. The number of hydrogen-bond acceptors (Lipinski definition) is 3. The molecule has 1 atom stereocenters. The summed E-state index contributed by atoms with van der Waals surface area (Å²) < 4.78 is 0. The van der Waals surface area contributed by atoms with E-state index >= 15 is 0 Å². The number of nitrogens with zero attached hydrogens (tertiary/aromatic N) is 1. The van der Waals surface area contributed by atoms with Gasteiger partial charge in [-0.15, -0.1) is 11.8 Å². The van der Waals surface area contributed by atoms with Crippen LogP contribution in [0.4, 0.5) is 5.69 Å². The second kappa shape index (κ2) is 10.5. The number of carbonyl (C=O) groups is 1. The van der Waals surface area contributed by atoms with Crippen molar-refractivity contribution in [2.45, 2.75) is 23.7 Å². The molecule has 6 heteroatoms. The monoisotopic (exact) mass is 419 g/mol. The average Bonchev–Trinajstić information content (AvgIpc) is 2.73. The molecule has 0 aromatic heterocycles. The molecule has 0 fully saturated rings. The van der Waals surface area contributed by atoms with Crippen LogP contribution in [0.2, 0.25) is 0 Å². The van der Waals surface area contributed by atoms with Crippen LogP contribution >= 0.6 is 11.8 Å². The van der Waals surface area contributed by atoms with Gasteiger partial charge in [0, 0.05) is 16.6 Å². The summed E-state index contributed by atoms with van der Waals surface area (Å²) in [5.74, 6) is -0.0229. The Hall–Kier alpha value is -3.25. The van der Waals surface area contributed by atoms with Crippen LogP contribution in [0.25, 0.3) is 0 Å². The van der Waals surface area contributed by atoms with E-state index in [0.717, 1.165) is 33.9 Å². The molecule has 3 rings (SSSR count). The highest BCUT2D eigenvalue weighted by Gasteiger charge is 2.18. The summed E-state index contributed by atoms with van der Waals surface area (Å²) in [6.07, 6.45) is 0.944. The highest BCUT2D eigenvalue weighted by molar-refractivity contribution is 7.99. The summed E-state index contributed by atoms with van der Waals surface area (Å²) >= 11 is 1.73. The molecule has 30 heavy (non-hydrogen) atoms. The predicted molar refractivity (Wildman–Crippen MR) is 123 cm³/mol. The molecule has 1 unspecified atom stereocenters. The fourth-order valence-corrected chi connectivity index (χ4v) is 4.28. The third-order valence-electron chi connectivity index (χ3n) is 4.67. The summed E-state index contributed by atoms with van der Waals surface area (Å²) in [7, 11) is 0. The van der Waals surface area contributed by atoms with Crippen LogP contribution in [0, 0.1) is 0 Å². The molecule has 3 aromatic rings. The second-order valence-electron chi connectivity index (χ2n) is 6.94. The van der Waals surface area contributed by atoms with Gasteiger partial charge in [0.15, 0.2) is 5.96 Å². The Morgan fingerprint density at radius 2 is 1.67 bits per heavy atom. The third-order valence-corrected chi connectivity index (χ3v) is 5.66. The van der Waals surface area contributed by atoms with Crippen LogP contribution in [-0.4, -0.2) is 22.8 Å². The molecule has 0 spiro atoms. The van der Waals surface area contributed by atoms with Gasteiger partial charge >= 0.3 is 5.97 Å². The largest absolute Gasteiger partial charge is 0.481 e. The van der Waals surface area contributed by atoms with Gasteiger partial charge in [-0.05, 0) is 41.3 Å². The number of aliphatic carboxylic acids is 1. The lowest BCUT2D eigenvalue weighted by atomic mass is 9.87. The van der Waals surface area contributed by atoms with Crippen LogP contribution in [0.1, 0.15) is 29.0 Å². The van der Waals surface area contributed by atoms with E-state index in [1.807, 2.05) is 66.7 Å². The van der Waals surface area contributed by atoms with Crippen molar-refractivity contribution in [3.05, 3.63) is 95.6 Å². The first-order valence-corrected chi connectivity index (χ1v) is 10.7. The summed E-state index contributed by atoms with van der Waals surface area (Å²) in [5, 5.41) is 9.39. The highest BCUT2D eigenvalue weighted by Crippen LogP contribution is 2.29. The van der Waals surface area contributed by atoms with Gasteiger partial charge in [0.2, 0.25) is 0 Å². The van der Waals surface area contributed by atoms with Gasteiger partial charge in [0.05, 0.1) is 12.1 Å². The van der Waals surface area contributed by atoms with Gasteiger partial charge in [-0.1, -0.05) is 60.7 Å². The van der Waals surface area contributed by atoms with Crippen molar-refractivity contribution < 1.29 is 9.90 Å². The Labute approximate surface area is 180 Å². The first kappa shape index (κ1) is 21.5. The van der Waals surface area contributed by atoms with Gasteiger partial charge in [-0.3, -0.25) is 4.79 Å². The van der Waals surface area contributed by atoms with Crippen molar-refractivity contribution in [1.29, 1.82) is 0 Å². The molecule has 0 saturated carbocycles. The summed E-state index contributed by atoms with van der Waals surface area (Å²) in [4.78, 5) is 16.6. The smallest absolute Gasteiger partial charge is 0.304 e. The molecule has 5 N–H and O–H groups in total. The number of nitrogens with two attached hydrogens (primary N) is 2. The van der Waals surface area contributed by atoms with Gasteiger partial charge < -0.3 is 16.6 Å². The molecule has 3 aromatic carbocycles. The van der Waals surface area contributed by atoms with E-state index in [2.05, 4.69) is 17.1 Å². The number of rotatable bonds is 9. The van der Waals surface area contributed by atoms with Crippen molar-refractivity contribution in [1.82, 2.24) is 0 Å². The lowest BCUT2D eigenvalue weighted by Crippen LogP contribution is -2.21. The quantitative estimate of drug-likeness (QED) is 0.269. The molecule has 0 bridgehead atoms. The fourth-order valence-electron chi connectivity index (χ4n) is 3.33. The molecule has 0 aliphatic rings. The molecule has 0 aliphatic heterocycles. The van der Waals surface area contributed by atoms with Gasteiger partial charge in [-0.25, -0.2) is 4.99 Å². The summed E-state index contributed by atoms with van der Waals surface area (Å²) in [6.45, 7) is 0. The standard InChI is InChI=1S/C24H25N3O2S/c25-24(26)27-20-10-5-11-21(15-20)30-13-12-17-6-4-9-19(14-17)22(16-23(28)29)18-7-2-1-3-8-18/h1-11,14-15,22H,12-13,16H2,(H,28,29)(H4,25,26,27). The van der Waals surface area contributed by atoms with E-state index in [4.69, 9.17) is 11.5 Å². The SMILES string of the molecule is NC(N)=Nc1cccc(SCCc2cccc(C(CC(=O)O)c3ccccc3)c2)c1. The molecular formula is C24H25N3O2S. The van der Waals surface area contributed by atoms with Crippen molar-refractivity contribution in [3.8, 4) is 0 Å². The number of carboxylic acid groups (broad SMARTS) is 1. The number of aryl methyl sites for hydroxylation is 1. The number of aliphatic imine (C=N–C) groups is 1. The zero-order chi connectivity index (χ0) is 21.3. The Balaban J connectivity index is 1.69. The van der Waals surface area contributed by atoms with Crippen LogP contribution in [-0.2, 0) is 11.2 Å². The zero-order valence-corrected chi connectivity index (χ0v) is 17.4. The second-order valence-corrected chi connectivity index (χ2v) is 8.11. The minimum Gasteiger partial charge on any atom is -0.481 e. The normalized spacial score (nSPS) is 11.6. The molecule has 0 saturated heterocycles. The number of hydrogen-bond donors (Lipinski definition) is 3. The van der Waals surface area contributed by atoms with Crippen LogP contribution in [0.3, 0.4) is 0 Å². The summed E-state index contributed by atoms with van der Waals surface area (Å²) in [5.41, 5.74) is 14.9. The average molecular weight is 420 g/mol. The molecular weight excluding hydrogens is 394 g/mol. The highest BCUT2D eigenvalue weighted by atomic mass is 32.2. The van der Waals surface area contributed by atoms with Crippen LogP contribution in [0.15, 0.2) is 88.8 Å². The third kappa shape index (κ3) is 6.39. The van der Waals surface area contributed by atoms with Gasteiger partial charge in [0.1, 0.15) is 0 Å². The topological polar surface area (TPSA) is 102 Å². The summed E-state index contributed by atoms with van der Waals surface area (Å²) in [6, 6.07) is 25.8. The van der Waals surface area contributed by atoms with E-state index < -0.39 is 5.97 Å². The molecule has 5 nitrogen and oxygen atoms in total. The first-order chi connectivity index (χ1) is 14.5. The first-order valence-electron chi connectivity index (χ1n) is 9.69. The number of thioether (sulfide) groups is 1. The zero-order valence-electron chi connectivity index (χ0n) is 16.6. The van der Waals surface area contributed by atoms with E-state index in [9.17, 15) is 9.90 Å². The molecule has 154 valence electrons.